The van der Waals surface area contributed by atoms with Gasteiger partial charge in [0, 0.05) is 26.1 Å². The average molecular weight is 182 g/mol. The summed E-state index contributed by atoms with van der Waals surface area (Å²) in [4.78, 5) is 10.9. The molecular formula is C10H18N2O. The van der Waals surface area contributed by atoms with E-state index in [0.717, 1.165) is 19.4 Å². The van der Waals surface area contributed by atoms with E-state index in [4.69, 9.17) is 0 Å². The van der Waals surface area contributed by atoms with E-state index in [1.165, 1.54) is 6.42 Å². The van der Waals surface area contributed by atoms with Gasteiger partial charge in [0.1, 0.15) is 0 Å². The van der Waals surface area contributed by atoms with Crippen LogP contribution in [0.2, 0.25) is 0 Å². The molecule has 74 valence electrons. The molecule has 1 aliphatic rings. The third kappa shape index (κ3) is 4.08. The summed E-state index contributed by atoms with van der Waals surface area (Å²) in [6, 6.07) is 0.578. The summed E-state index contributed by atoms with van der Waals surface area (Å²) in [5.74, 6) is 0.110. The minimum absolute atomic E-state index is 0.110. The average Bonchev–Trinajstić information content (AvgIpc) is 2.19. The molecule has 0 aliphatic heterocycles. The van der Waals surface area contributed by atoms with E-state index in [9.17, 15) is 4.79 Å². The smallest absolute Gasteiger partial charge is 0.221 e. The molecule has 0 saturated carbocycles. The molecule has 0 saturated heterocycles. The van der Waals surface area contributed by atoms with Crippen molar-refractivity contribution in [1.29, 1.82) is 0 Å². The third-order valence-corrected chi connectivity index (χ3v) is 2.33. The fraction of sp³-hybridized carbons (Fsp3) is 0.700. The monoisotopic (exact) mass is 182 g/mol. The van der Waals surface area contributed by atoms with Gasteiger partial charge in [0.05, 0.1) is 0 Å². The maximum absolute atomic E-state index is 10.9. The van der Waals surface area contributed by atoms with Crippen LogP contribution in [0.1, 0.15) is 25.7 Å². The lowest BCUT2D eigenvalue weighted by molar-refractivity contribution is -0.120. The molecule has 0 aromatic rings. The molecule has 0 fully saturated rings. The summed E-state index contributed by atoms with van der Waals surface area (Å²) in [6.45, 7) is 0.790. The highest BCUT2D eigenvalue weighted by Crippen LogP contribution is 2.09. The molecule has 0 radical (unpaired) electrons. The van der Waals surface area contributed by atoms with Crippen molar-refractivity contribution in [3.63, 3.8) is 0 Å². The summed E-state index contributed by atoms with van der Waals surface area (Å²) in [5, 5.41) is 5.98. The summed E-state index contributed by atoms with van der Waals surface area (Å²) in [6.07, 6.45) is 8.48. The molecular weight excluding hydrogens is 164 g/mol. The Bertz CT molecular complexity index is 189. The minimum Gasteiger partial charge on any atom is -0.359 e. The molecule has 1 amide bonds. The molecule has 1 unspecified atom stereocenters. The van der Waals surface area contributed by atoms with Crippen LogP contribution in [0, 0.1) is 0 Å². The first-order chi connectivity index (χ1) is 6.33. The van der Waals surface area contributed by atoms with Crippen molar-refractivity contribution in [2.45, 2.75) is 31.7 Å². The zero-order valence-electron chi connectivity index (χ0n) is 8.18. The maximum Gasteiger partial charge on any atom is 0.221 e. The van der Waals surface area contributed by atoms with Gasteiger partial charge in [0.25, 0.3) is 0 Å². The predicted octanol–water partition coefficient (Wildman–Crippen LogP) is 0.821. The second-order valence-electron chi connectivity index (χ2n) is 3.36. The lowest BCUT2D eigenvalue weighted by Gasteiger charge is -2.18. The Balaban J connectivity index is 2.05. The van der Waals surface area contributed by atoms with Gasteiger partial charge in [0.2, 0.25) is 5.91 Å². The molecule has 13 heavy (non-hydrogen) atoms. The topological polar surface area (TPSA) is 41.1 Å². The lowest BCUT2D eigenvalue weighted by atomic mass is 10.0. The first-order valence-electron chi connectivity index (χ1n) is 4.92. The number of rotatable bonds is 4. The predicted molar refractivity (Wildman–Crippen MR) is 53.5 cm³/mol. The summed E-state index contributed by atoms with van der Waals surface area (Å²) < 4.78 is 0. The van der Waals surface area contributed by atoms with Crippen molar-refractivity contribution >= 4 is 5.91 Å². The molecule has 0 aromatic heterocycles. The van der Waals surface area contributed by atoms with Crippen LogP contribution in [0.3, 0.4) is 0 Å². The highest BCUT2D eigenvalue weighted by molar-refractivity contribution is 5.75. The molecule has 3 heteroatoms. The molecule has 3 nitrogen and oxygen atoms in total. The maximum atomic E-state index is 10.9. The Morgan fingerprint density at radius 1 is 1.54 bits per heavy atom. The van der Waals surface area contributed by atoms with Crippen molar-refractivity contribution in [2.75, 3.05) is 13.6 Å². The number of carbonyl (C=O) groups is 1. The first kappa shape index (κ1) is 10.3. The minimum atomic E-state index is 0.110. The molecule has 0 aromatic carbocycles. The van der Waals surface area contributed by atoms with Gasteiger partial charge < -0.3 is 10.6 Å². The highest BCUT2D eigenvalue weighted by Gasteiger charge is 2.08. The summed E-state index contributed by atoms with van der Waals surface area (Å²) >= 11 is 0. The number of hydrogen-bond acceptors (Lipinski definition) is 2. The Morgan fingerprint density at radius 2 is 2.38 bits per heavy atom. The summed E-state index contributed by atoms with van der Waals surface area (Å²) in [5.41, 5.74) is 0. The highest BCUT2D eigenvalue weighted by atomic mass is 16.1. The molecule has 1 aliphatic carbocycles. The van der Waals surface area contributed by atoms with Crippen LogP contribution in [0.4, 0.5) is 0 Å². The van der Waals surface area contributed by atoms with Gasteiger partial charge in [-0.3, -0.25) is 4.79 Å². The normalized spacial score (nSPS) is 21.5. The molecule has 1 rings (SSSR count). The van der Waals surface area contributed by atoms with Crippen LogP contribution in [-0.2, 0) is 4.79 Å². The first-order valence-corrected chi connectivity index (χ1v) is 4.92. The van der Waals surface area contributed by atoms with Gasteiger partial charge in [-0.1, -0.05) is 12.2 Å². The lowest BCUT2D eigenvalue weighted by Crippen LogP contribution is -2.33. The quantitative estimate of drug-likeness (QED) is 0.632. The molecule has 2 N–H and O–H groups in total. The van der Waals surface area contributed by atoms with Gasteiger partial charge in [-0.2, -0.15) is 0 Å². The molecule has 0 spiro atoms. The Kier molecular flexibility index (Phi) is 4.54. The number of nitrogens with one attached hydrogen (secondary N) is 2. The standard InChI is InChI=1S/C10H18N2O/c1-11-10(13)7-8-12-9-5-3-2-4-6-9/h2-3,9,12H,4-8H2,1H3,(H,11,13). The van der Waals surface area contributed by atoms with Gasteiger partial charge >= 0.3 is 0 Å². The molecule has 0 bridgehead atoms. The van der Waals surface area contributed by atoms with Gasteiger partial charge in [-0.25, -0.2) is 0 Å². The van der Waals surface area contributed by atoms with E-state index in [1.54, 1.807) is 7.05 Å². The van der Waals surface area contributed by atoms with Crippen molar-refractivity contribution in [3.8, 4) is 0 Å². The fourth-order valence-corrected chi connectivity index (χ4v) is 1.49. The Hall–Kier alpha value is -0.830. The number of amides is 1. The fourth-order valence-electron chi connectivity index (χ4n) is 1.49. The van der Waals surface area contributed by atoms with E-state index in [-0.39, 0.29) is 5.91 Å². The van der Waals surface area contributed by atoms with Gasteiger partial charge in [0.15, 0.2) is 0 Å². The zero-order valence-corrected chi connectivity index (χ0v) is 8.18. The van der Waals surface area contributed by atoms with Gasteiger partial charge in [-0.05, 0) is 19.3 Å². The van der Waals surface area contributed by atoms with Crippen LogP contribution in [0.5, 0.6) is 0 Å². The SMILES string of the molecule is CNC(=O)CCNC1CC=CCC1. The Morgan fingerprint density at radius 3 is 3.00 bits per heavy atom. The van der Waals surface area contributed by atoms with Gasteiger partial charge in [-0.15, -0.1) is 0 Å². The van der Waals surface area contributed by atoms with Crippen LogP contribution in [0.25, 0.3) is 0 Å². The largest absolute Gasteiger partial charge is 0.359 e. The van der Waals surface area contributed by atoms with E-state index < -0.39 is 0 Å². The number of carbonyl (C=O) groups excluding carboxylic acids is 1. The second kappa shape index (κ2) is 5.75. The van der Waals surface area contributed by atoms with Crippen molar-refractivity contribution < 1.29 is 4.79 Å². The second-order valence-corrected chi connectivity index (χ2v) is 3.36. The zero-order chi connectivity index (χ0) is 9.52. The molecule has 1 atom stereocenters. The van der Waals surface area contributed by atoms with E-state index in [2.05, 4.69) is 22.8 Å². The molecule has 0 heterocycles. The van der Waals surface area contributed by atoms with Crippen LogP contribution < -0.4 is 10.6 Å². The van der Waals surface area contributed by atoms with Crippen molar-refractivity contribution in [3.05, 3.63) is 12.2 Å². The van der Waals surface area contributed by atoms with Crippen molar-refractivity contribution in [2.24, 2.45) is 0 Å². The van der Waals surface area contributed by atoms with Crippen LogP contribution in [-0.4, -0.2) is 25.5 Å². The van der Waals surface area contributed by atoms with E-state index in [0.29, 0.717) is 12.5 Å². The van der Waals surface area contributed by atoms with Crippen LogP contribution >= 0.6 is 0 Å². The number of hydrogen-bond donors (Lipinski definition) is 2. The Labute approximate surface area is 79.6 Å². The van der Waals surface area contributed by atoms with Crippen LogP contribution in [0.15, 0.2) is 12.2 Å². The van der Waals surface area contributed by atoms with E-state index in [1.807, 2.05) is 0 Å². The van der Waals surface area contributed by atoms with Crippen molar-refractivity contribution in [1.82, 2.24) is 10.6 Å². The third-order valence-electron chi connectivity index (χ3n) is 2.33. The number of allylic oxidation sites excluding steroid dienone is 1. The summed E-state index contributed by atoms with van der Waals surface area (Å²) in [7, 11) is 1.67. The van der Waals surface area contributed by atoms with E-state index >= 15 is 0 Å².